The zero-order valence-electron chi connectivity index (χ0n) is 20.1. The minimum Gasteiger partial charge on any atom is -0.490 e. The minimum absolute atomic E-state index is 0.171. The molecule has 0 amide bonds. The van der Waals surface area contributed by atoms with Crippen molar-refractivity contribution in [2.24, 2.45) is 0 Å². The van der Waals surface area contributed by atoms with E-state index in [9.17, 15) is 13.2 Å². The van der Waals surface area contributed by atoms with Crippen LogP contribution < -0.4 is 9.64 Å². The third kappa shape index (κ3) is 5.08. The molecule has 0 fully saturated rings. The first kappa shape index (κ1) is 24.9. The molecule has 2 heterocycles. The van der Waals surface area contributed by atoms with Gasteiger partial charge in [-0.2, -0.15) is 0 Å². The van der Waals surface area contributed by atoms with Crippen LogP contribution in [0.25, 0.3) is 17.0 Å². The lowest BCUT2D eigenvalue weighted by Crippen LogP contribution is -2.28. The molecule has 1 aromatic heterocycles. The Balaban J connectivity index is 1.46. The predicted molar refractivity (Wildman–Crippen MR) is 147 cm³/mol. The molecule has 190 valence electrons. The van der Waals surface area contributed by atoms with Gasteiger partial charge in [-0.15, -0.1) is 0 Å². The zero-order chi connectivity index (χ0) is 26.2. The maximum absolute atomic E-state index is 13.6. The summed E-state index contributed by atoms with van der Waals surface area (Å²) in [6, 6.07) is 19.1. The van der Waals surface area contributed by atoms with E-state index >= 15 is 0 Å². The molecule has 0 saturated carbocycles. The third-order valence-corrected chi connectivity index (χ3v) is 8.31. The third-order valence-electron chi connectivity index (χ3n) is 6.38. The second-order valence-corrected chi connectivity index (χ2v) is 11.2. The van der Waals surface area contributed by atoms with E-state index in [4.69, 9.17) is 21.4 Å². The number of benzene rings is 3. The van der Waals surface area contributed by atoms with Crippen molar-refractivity contribution in [3.63, 3.8) is 0 Å². The van der Waals surface area contributed by atoms with Crippen LogP contribution >= 0.6 is 11.6 Å². The summed E-state index contributed by atoms with van der Waals surface area (Å²) >= 11 is 6.40. The van der Waals surface area contributed by atoms with Gasteiger partial charge in [-0.05, 0) is 53.6 Å². The van der Waals surface area contributed by atoms with Crippen molar-refractivity contribution in [3.8, 4) is 5.75 Å². The molecule has 5 rings (SSSR count). The lowest BCUT2D eigenvalue weighted by atomic mass is 10.1. The van der Waals surface area contributed by atoms with Crippen LogP contribution in [-0.2, 0) is 16.4 Å². The van der Waals surface area contributed by atoms with Gasteiger partial charge in [-0.3, -0.25) is 0 Å². The molecule has 0 radical (unpaired) electrons. The molecule has 1 N–H and O–H groups in total. The summed E-state index contributed by atoms with van der Waals surface area (Å²) in [5.41, 5.74) is 3.86. The van der Waals surface area contributed by atoms with Crippen molar-refractivity contribution >= 4 is 50.3 Å². The number of carboxylic acid groups (broad SMARTS) is 1. The molecule has 7 nitrogen and oxygen atoms in total. The second kappa shape index (κ2) is 9.95. The second-order valence-electron chi connectivity index (χ2n) is 8.93. The molecule has 3 aromatic carbocycles. The van der Waals surface area contributed by atoms with Crippen molar-refractivity contribution in [3.05, 3.63) is 100 Å². The average molecular weight is 537 g/mol. The van der Waals surface area contributed by atoms with Crippen LogP contribution in [0.2, 0.25) is 5.02 Å². The number of hydrogen-bond acceptors (Lipinski definition) is 5. The highest BCUT2D eigenvalue weighted by atomic mass is 35.5. The summed E-state index contributed by atoms with van der Waals surface area (Å²) in [5.74, 6) is -0.410. The number of fused-ring (bicyclic) bond motifs is 2. The SMILES string of the molecule is CN1CCOc2ccc(C=CCS(=O)(=O)n3c(Cc4ccc(C(=O)O)cc4)cc4c(Cl)cccc43)cc21. The monoisotopic (exact) mass is 536 g/mol. The first-order chi connectivity index (χ1) is 17.7. The van der Waals surface area contributed by atoms with E-state index in [1.54, 1.807) is 48.6 Å². The van der Waals surface area contributed by atoms with Crippen molar-refractivity contribution < 1.29 is 23.1 Å². The van der Waals surface area contributed by atoms with Gasteiger partial charge in [0.1, 0.15) is 12.4 Å². The number of halogens is 1. The van der Waals surface area contributed by atoms with Crippen LogP contribution in [0, 0.1) is 0 Å². The number of carbonyl (C=O) groups is 1. The molecule has 0 unspecified atom stereocenters. The number of rotatable bonds is 7. The first-order valence-electron chi connectivity index (χ1n) is 11.7. The van der Waals surface area contributed by atoms with E-state index in [0.29, 0.717) is 34.6 Å². The van der Waals surface area contributed by atoms with Gasteiger partial charge in [0, 0.05) is 29.6 Å². The number of likely N-dealkylation sites (N-methyl/N-ethyl adjacent to an activating group) is 1. The topological polar surface area (TPSA) is 88.8 Å². The minimum atomic E-state index is -3.79. The van der Waals surface area contributed by atoms with Gasteiger partial charge >= 0.3 is 5.97 Å². The number of nitrogens with zero attached hydrogens (tertiary/aromatic N) is 2. The van der Waals surface area contributed by atoms with Gasteiger partial charge in [0.25, 0.3) is 0 Å². The highest BCUT2D eigenvalue weighted by Gasteiger charge is 2.21. The van der Waals surface area contributed by atoms with Crippen LogP contribution in [0.4, 0.5) is 5.69 Å². The van der Waals surface area contributed by atoms with Crippen LogP contribution in [0.1, 0.15) is 27.2 Å². The Bertz CT molecular complexity index is 1620. The smallest absolute Gasteiger partial charge is 0.335 e. The number of ether oxygens (including phenoxy) is 1. The molecule has 0 bridgehead atoms. The van der Waals surface area contributed by atoms with Crippen molar-refractivity contribution in [1.82, 2.24) is 3.97 Å². The molecule has 1 aliphatic rings. The summed E-state index contributed by atoms with van der Waals surface area (Å²) in [6.45, 7) is 1.43. The number of carboxylic acids is 1. The van der Waals surface area contributed by atoms with Gasteiger partial charge in [0.15, 0.2) is 0 Å². The molecule has 0 saturated heterocycles. The Morgan fingerprint density at radius 3 is 2.65 bits per heavy atom. The van der Waals surface area contributed by atoms with E-state index in [2.05, 4.69) is 4.90 Å². The lowest BCUT2D eigenvalue weighted by Gasteiger charge is -2.27. The highest BCUT2D eigenvalue weighted by Crippen LogP contribution is 2.32. The van der Waals surface area contributed by atoms with Crippen LogP contribution in [0.3, 0.4) is 0 Å². The molecular weight excluding hydrogens is 512 g/mol. The Morgan fingerprint density at radius 1 is 1.11 bits per heavy atom. The maximum Gasteiger partial charge on any atom is 0.335 e. The van der Waals surface area contributed by atoms with Crippen LogP contribution in [0.5, 0.6) is 5.75 Å². The lowest BCUT2D eigenvalue weighted by molar-refractivity contribution is 0.0697. The molecule has 4 aromatic rings. The van der Waals surface area contributed by atoms with E-state index in [0.717, 1.165) is 29.1 Å². The molecule has 1 aliphatic heterocycles. The average Bonchev–Trinajstić information content (AvgIpc) is 3.25. The fourth-order valence-electron chi connectivity index (χ4n) is 4.50. The van der Waals surface area contributed by atoms with E-state index < -0.39 is 16.0 Å². The summed E-state index contributed by atoms with van der Waals surface area (Å²) in [6.07, 6.45) is 3.73. The summed E-state index contributed by atoms with van der Waals surface area (Å²) in [7, 11) is -1.79. The maximum atomic E-state index is 13.6. The Labute approximate surface area is 220 Å². The Kier molecular flexibility index (Phi) is 6.70. The van der Waals surface area contributed by atoms with Crippen molar-refractivity contribution in [1.29, 1.82) is 0 Å². The van der Waals surface area contributed by atoms with Crippen molar-refractivity contribution in [2.45, 2.75) is 6.42 Å². The van der Waals surface area contributed by atoms with E-state index in [-0.39, 0.29) is 11.3 Å². The predicted octanol–water partition coefficient (Wildman–Crippen LogP) is 5.30. The van der Waals surface area contributed by atoms with Gasteiger partial charge in [-0.25, -0.2) is 17.2 Å². The quantitative estimate of drug-likeness (QED) is 0.344. The standard InChI is InChI=1S/C28H25ClN2O5S/c1-30-13-14-36-27-12-9-19(17-26(27)30)4-3-15-37(34,35)31-22(18-23-24(29)5-2-6-25(23)31)16-20-7-10-21(11-8-20)28(32)33/h2-12,17-18H,13-16H2,1H3,(H,32,33). The Hall–Kier alpha value is -3.75. The van der Waals surface area contributed by atoms with Gasteiger partial charge in [0.2, 0.25) is 10.0 Å². The normalized spacial score (nSPS) is 13.6. The van der Waals surface area contributed by atoms with Gasteiger partial charge < -0.3 is 14.7 Å². The van der Waals surface area contributed by atoms with E-state index in [1.165, 1.54) is 16.1 Å². The number of aromatic carboxylic acids is 1. The highest BCUT2D eigenvalue weighted by molar-refractivity contribution is 7.90. The van der Waals surface area contributed by atoms with Gasteiger partial charge in [-0.1, -0.05) is 48.0 Å². The summed E-state index contributed by atoms with van der Waals surface area (Å²) in [5, 5.41) is 10.3. The first-order valence-corrected chi connectivity index (χ1v) is 13.7. The van der Waals surface area contributed by atoms with Crippen molar-refractivity contribution in [2.75, 3.05) is 30.9 Å². The molecule has 9 heteroatoms. The molecule has 0 spiro atoms. The molecule has 0 aliphatic carbocycles. The molecule has 0 atom stereocenters. The Morgan fingerprint density at radius 2 is 1.89 bits per heavy atom. The molecule has 37 heavy (non-hydrogen) atoms. The summed E-state index contributed by atoms with van der Waals surface area (Å²) < 4.78 is 34.2. The zero-order valence-corrected chi connectivity index (χ0v) is 21.7. The number of aromatic nitrogens is 1. The van der Waals surface area contributed by atoms with E-state index in [1.807, 2.05) is 25.2 Å². The number of anilines is 1. The molecular formula is C28H25ClN2O5S. The number of hydrogen-bond donors (Lipinski definition) is 1. The van der Waals surface area contributed by atoms with Gasteiger partial charge in [0.05, 0.1) is 29.1 Å². The largest absolute Gasteiger partial charge is 0.490 e. The fraction of sp³-hybridized carbons (Fsp3) is 0.179. The van der Waals surface area contributed by atoms with Crippen LogP contribution in [0.15, 0.2) is 72.8 Å². The summed E-state index contributed by atoms with van der Waals surface area (Å²) in [4.78, 5) is 13.3. The van der Waals surface area contributed by atoms with Crippen LogP contribution in [-0.4, -0.2) is 49.4 Å². The fourth-order valence-corrected chi connectivity index (χ4v) is 6.15.